The number of halogens is 7. The van der Waals surface area contributed by atoms with E-state index in [4.69, 9.17) is 0 Å². The van der Waals surface area contributed by atoms with Gasteiger partial charge < -0.3 is 5.11 Å². The molecule has 0 saturated heterocycles. The number of hydrogen-bond acceptors (Lipinski definition) is 5. The van der Waals surface area contributed by atoms with E-state index >= 15 is 0 Å². The molecule has 0 radical (unpaired) electrons. The smallest absolute Gasteiger partial charge is 0.404 e. The molecule has 0 aliphatic carbocycles. The van der Waals surface area contributed by atoms with Crippen LogP contribution < -0.4 is 9.44 Å². The van der Waals surface area contributed by atoms with Crippen molar-refractivity contribution < 1.29 is 53.1 Å². The molecule has 2 atom stereocenters. The number of nitrogens with one attached hydrogen (secondary N) is 2. The molecule has 0 bridgehead atoms. The second-order valence-electron chi connectivity index (χ2n) is 6.17. The van der Waals surface area contributed by atoms with Crippen LogP contribution in [0.2, 0.25) is 0 Å². The van der Waals surface area contributed by atoms with E-state index in [1.54, 1.807) is 0 Å². The van der Waals surface area contributed by atoms with Crippen molar-refractivity contribution in [2.45, 2.75) is 42.4 Å². The lowest BCUT2D eigenvalue weighted by molar-refractivity contribution is -0.148. The van der Waals surface area contributed by atoms with Gasteiger partial charge in [-0.25, -0.2) is 31.1 Å². The Hall–Kier alpha value is -1.18. The van der Waals surface area contributed by atoms with Gasteiger partial charge in [-0.2, -0.15) is 26.3 Å². The van der Waals surface area contributed by atoms with Crippen molar-refractivity contribution in [3.8, 4) is 0 Å². The first-order valence-corrected chi connectivity index (χ1v) is 11.9. The van der Waals surface area contributed by atoms with Crippen molar-refractivity contribution in [3.05, 3.63) is 33.4 Å². The summed E-state index contributed by atoms with van der Waals surface area (Å²) in [7, 11) is -12.2. The van der Waals surface area contributed by atoms with Crippen molar-refractivity contribution in [3.63, 3.8) is 0 Å². The number of sulfonamides is 2. The van der Waals surface area contributed by atoms with E-state index < -0.39 is 60.1 Å². The van der Waals surface area contributed by atoms with Gasteiger partial charge in [0.05, 0.1) is 0 Å². The molecule has 0 aromatic heterocycles. The fourth-order valence-corrected chi connectivity index (χ4v) is 7.80. The molecule has 0 fully saturated rings. The summed E-state index contributed by atoms with van der Waals surface area (Å²) >= 11 is 1.31. The molecule has 178 valence electrons. The molecule has 0 aliphatic rings. The van der Waals surface area contributed by atoms with Crippen LogP contribution in [0.25, 0.3) is 0 Å². The quantitative estimate of drug-likeness (QED) is 0.305. The summed E-state index contributed by atoms with van der Waals surface area (Å²) in [6, 6.07) is -2.06. The van der Waals surface area contributed by atoms with E-state index in [1.807, 2.05) is 0 Å². The lowest BCUT2D eigenvalue weighted by Crippen LogP contribution is -2.63. The first-order valence-electron chi connectivity index (χ1n) is 7.87. The first-order chi connectivity index (χ1) is 13.7. The van der Waals surface area contributed by atoms with Crippen LogP contribution in [0.4, 0.5) is 26.3 Å². The van der Waals surface area contributed by atoms with Crippen LogP contribution in [0.3, 0.4) is 0 Å². The molecular formula is C14H15F6IN2O6S2. The van der Waals surface area contributed by atoms with Crippen molar-refractivity contribution in [2.24, 2.45) is 0 Å². The normalized spacial score (nSPS) is 17.6. The number of benzene rings is 1. The number of aliphatic carboxylic acids is 1. The highest BCUT2D eigenvalue weighted by molar-refractivity contribution is 14.1. The third kappa shape index (κ3) is 5.42. The molecule has 1 aromatic rings. The first kappa shape index (κ1) is 27.9. The van der Waals surface area contributed by atoms with Crippen LogP contribution in [-0.4, -0.2) is 52.3 Å². The molecular weight excluding hydrogens is 597 g/mol. The Kier molecular flexibility index (Phi) is 8.07. The highest BCUT2D eigenvalue weighted by Crippen LogP contribution is 2.40. The van der Waals surface area contributed by atoms with Crippen LogP contribution >= 0.6 is 22.6 Å². The van der Waals surface area contributed by atoms with Gasteiger partial charge in [0.1, 0.15) is 12.1 Å². The maximum absolute atomic E-state index is 12.9. The molecule has 3 N–H and O–H groups in total. The van der Waals surface area contributed by atoms with Gasteiger partial charge in [0.25, 0.3) is 0 Å². The molecule has 31 heavy (non-hydrogen) atoms. The third-order valence-electron chi connectivity index (χ3n) is 3.91. The summed E-state index contributed by atoms with van der Waals surface area (Å²) < 4.78 is 126. The predicted molar refractivity (Wildman–Crippen MR) is 104 cm³/mol. The van der Waals surface area contributed by atoms with Gasteiger partial charge in [-0.1, -0.05) is 18.2 Å². The average molecular weight is 612 g/mol. The maximum atomic E-state index is 12.9. The van der Waals surface area contributed by atoms with Gasteiger partial charge in [0, 0.05) is 9.13 Å². The number of carboxylic acids is 1. The van der Waals surface area contributed by atoms with E-state index in [2.05, 4.69) is 0 Å². The van der Waals surface area contributed by atoms with Crippen molar-refractivity contribution in [1.29, 1.82) is 0 Å². The van der Waals surface area contributed by atoms with Gasteiger partial charge in [-0.05, 0) is 42.5 Å². The Bertz CT molecular complexity index is 990. The summed E-state index contributed by atoms with van der Waals surface area (Å²) in [5, 5.41) is 9.70. The number of rotatable bonds is 8. The number of alkyl halides is 6. The molecule has 1 aromatic carbocycles. The number of carbonyl (C=O) groups is 1. The lowest BCUT2D eigenvalue weighted by atomic mass is 10.1. The van der Waals surface area contributed by atoms with Crippen LogP contribution in [0.1, 0.15) is 19.4 Å². The molecule has 0 aliphatic heterocycles. The predicted octanol–water partition coefficient (Wildman–Crippen LogP) is 2.27. The van der Waals surface area contributed by atoms with Crippen molar-refractivity contribution >= 4 is 48.6 Å². The fourth-order valence-electron chi connectivity index (χ4n) is 2.27. The number of carboxylic acid groups (broad SMARTS) is 1. The highest BCUT2D eigenvalue weighted by Gasteiger charge is 2.66. The fraction of sp³-hybridized carbons (Fsp3) is 0.500. The molecule has 0 saturated carbocycles. The largest absolute Gasteiger partial charge is 0.479 e. The lowest BCUT2D eigenvalue weighted by Gasteiger charge is -2.33. The van der Waals surface area contributed by atoms with E-state index in [0.29, 0.717) is 6.07 Å². The third-order valence-corrected chi connectivity index (χ3v) is 9.80. The summed E-state index contributed by atoms with van der Waals surface area (Å²) in [5.41, 5.74) is -1.08. The van der Waals surface area contributed by atoms with Gasteiger partial charge in [-0.3, -0.25) is 0 Å². The zero-order valence-corrected chi connectivity index (χ0v) is 19.2. The second kappa shape index (κ2) is 8.99. The highest BCUT2D eigenvalue weighted by atomic mass is 127. The SMILES string of the molecule is CC(NS(=O)(=O)C(C(=O)O)(c1ccccc1I)S(=O)(=O)NC(C)C(F)(F)F)C(F)(F)F. The monoisotopic (exact) mass is 612 g/mol. The van der Waals surface area contributed by atoms with Gasteiger partial charge in [0.2, 0.25) is 20.0 Å². The molecule has 0 amide bonds. The minimum Gasteiger partial charge on any atom is -0.479 e. The van der Waals surface area contributed by atoms with Crippen molar-refractivity contribution in [1.82, 2.24) is 9.44 Å². The van der Waals surface area contributed by atoms with Gasteiger partial charge >= 0.3 is 22.4 Å². The Labute approximate surface area is 186 Å². The van der Waals surface area contributed by atoms with Crippen LogP contribution in [-0.2, 0) is 28.9 Å². The Morgan fingerprint density at radius 1 is 0.903 bits per heavy atom. The van der Waals surface area contributed by atoms with E-state index in [9.17, 15) is 53.1 Å². The number of hydrogen-bond donors (Lipinski definition) is 3. The van der Waals surface area contributed by atoms with E-state index in [0.717, 1.165) is 21.6 Å². The zero-order valence-electron chi connectivity index (χ0n) is 15.4. The second-order valence-corrected chi connectivity index (χ2v) is 11.3. The van der Waals surface area contributed by atoms with Gasteiger partial charge in [-0.15, -0.1) is 0 Å². The molecule has 2 unspecified atom stereocenters. The van der Waals surface area contributed by atoms with E-state index in [1.165, 1.54) is 28.7 Å². The standard InChI is InChI=1S/C14H15F6IN2O6S2/c1-7(13(15,16)17)22-30(26,27)12(11(24)25,9-5-3-4-6-10(9)21)31(28,29)23-8(2)14(18,19)20/h3-8,22-23H,1-2H3,(H,24,25). The van der Waals surface area contributed by atoms with E-state index in [-0.39, 0.29) is 17.4 Å². The summed E-state index contributed by atoms with van der Waals surface area (Å²) in [6.07, 6.45) is -10.5. The van der Waals surface area contributed by atoms with Crippen LogP contribution in [0, 0.1) is 3.57 Å². The Morgan fingerprint density at radius 3 is 1.55 bits per heavy atom. The Balaban J connectivity index is 3.99. The maximum Gasteiger partial charge on any atom is 0.404 e. The molecule has 8 nitrogen and oxygen atoms in total. The summed E-state index contributed by atoms with van der Waals surface area (Å²) in [5.74, 6) is -2.74. The van der Waals surface area contributed by atoms with Gasteiger partial charge in [0.15, 0.2) is 0 Å². The minimum atomic E-state index is -6.08. The minimum absolute atomic E-state index is 0.262. The molecule has 0 spiro atoms. The molecule has 17 heteroatoms. The topological polar surface area (TPSA) is 130 Å². The summed E-state index contributed by atoms with van der Waals surface area (Å²) in [6.45, 7) is 0.525. The van der Waals surface area contributed by atoms with Crippen LogP contribution in [0.5, 0.6) is 0 Å². The summed E-state index contributed by atoms with van der Waals surface area (Å²) in [4.78, 5) is 12.1. The zero-order chi connectivity index (χ0) is 24.6. The Morgan fingerprint density at radius 2 is 1.26 bits per heavy atom. The van der Waals surface area contributed by atoms with Crippen LogP contribution in [0.15, 0.2) is 24.3 Å². The molecule has 0 heterocycles. The van der Waals surface area contributed by atoms with Crippen molar-refractivity contribution in [2.75, 3.05) is 0 Å². The average Bonchev–Trinajstić information content (AvgIpc) is 2.53. The molecule has 1 rings (SSSR count).